The highest BCUT2D eigenvalue weighted by molar-refractivity contribution is 6.30. The number of carbonyl (C=O) groups is 1. The smallest absolute Gasteiger partial charge is 0.328 e. The molecular weight excluding hydrogens is 367 g/mol. The molecule has 2 aromatic rings. The first-order valence-corrected chi connectivity index (χ1v) is 7.98. The summed E-state index contributed by atoms with van der Waals surface area (Å²) in [6.45, 7) is 1.72. The molecule has 7 nitrogen and oxygen atoms in total. The van der Waals surface area contributed by atoms with Crippen LogP contribution in [0.4, 0.5) is 0 Å². The van der Waals surface area contributed by atoms with Gasteiger partial charge in [0.25, 0.3) is 5.56 Å². The van der Waals surface area contributed by atoms with E-state index in [2.05, 4.69) is 10.3 Å². The molecule has 0 aliphatic carbocycles. The molecule has 0 bridgehead atoms. The van der Waals surface area contributed by atoms with Gasteiger partial charge in [0.15, 0.2) is 0 Å². The van der Waals surface area contributed by atoms with Crippen molar-refractivity contribution in [1.82, 2.24) is 19.8 Å². The van der Waals surface area contributed by atoms with Crippen molar-refractivity contribution >= 4 is 29.9 Å². The van der Waals surface area contributed by atoms with Crippen molar-refractivity contribution in [3.8, 4) is 0 Å². The maximum absolute atomic E-state index is 12.7. The van der Waals surface area contributed by atoms with Crippen LogP contribution in [0, 0.1) is 0 Å². The van der Waals surface area contributed by atoms with Crippen LogP contribution in [0.3, 0.4) is 0 Å². The summed E-state index contributed by atoms with van der Waals surface area (Å²) in [6, 6.07) is 8.47. The van der Waals surface area contributed by atoms with E-state index in [9.17, 15) is 14.4 Å². The molecular formula is C16H18Cl2N4O3. The molecule has 0 saturated carbocycles. The highest BCUT2D eigenvalue weighted by Crippen LogP contribution is 2.24. The average Bonchev–Trinajstić information content (AvgIpc) is 2.57. The Hall–Kier alpha value is -2.09. The van der Waals surface area contributed by atoms with Crippen LogP contribution < -0.4 is 16.6 Å². The molecule has 1 aromatic heterocycles. The van der Waals surface area contributed by atoms with Gasteiger partial charge in [-0.05, 0) is 17.7 Å². The Labute approximate surface area is 155 Å². The number of hydrogen-bond donors (Lipinski definition) is 2. The van der Waals surface area contributed by atoms with E-state index < -0.39 is 11.2 Å². The van der Waals surface area contributed by atoms with E-state index in [1.165, 1.54) is 16.8 Å². The Morgan fingerprint density at radius 2 is 2.08 bits per heavy atom. The molecule has 2 N–H and O–H groups in total. The van der Waals surface area contributed by atoms with Gasteiger partial charge < -0.3 is 10.2 Å². The molecule has 1 aromatic carbocycles. The lowest BCUT2D eigenvalue weighted by atomic mass is 10.0. The normalized spacial score (nSPS) is 17.0. The monoisotopic (exact) mass is 384 g/mol. The van der Waals surface area contributed by atoms with Gasteiger partial charge >= 0.3 is 5.69 Å². The van der Waals surface area contributed by atoms with Crippen molar-refractivity contribution in [2.45, 2.75) is 12.6 Å². The second-order valence-electron chi connectivity index (χ2n) is 5.60. The number of aromatic nitrogens is 2. The Kier molecular flexibility index (Phi) is 6.41. The fourth-order valence-electron chi connectivity index (χ4n) is 2.82. The average molecular weight is 385 g/mol. The first-order valence-electron chi connectivity index (χ1n) is 7.60. The van der Waals surface area contributed by atoms with Gasteiger partial charge in [0.2, 0.25) is 5.91 Å². The predicted octanol–water partition coefficient (Wildman–Crippen LogP) is 0.785. The number of aromatic amines is 1. The fourth-order valence-corrected chi connectivity index (χ4v) is 3.02. The Bertz CT molecular complexity index is 865. The van der Waals surface area contributed by atoms with Gasteiger partial charge in [-0.2, -0.15) is 0 Å². The third-order valence-corrected chi connectivity index (χ3v) is 4.23. The maximum Gasteiger partial charge on any atom is 0.328 e. The molecule has 1 atom stereocenters. The van der Waals surface area contributed by atoms with Crippen molar-refractivity contribution in [2.75, 3.05) is 19.6 Å². The molecule has 25 heavy (non-hydrogen) atoms. The lowest BCUT2D eigenvalue weighted by Gasteiger charge is -2.36. The lowest BCUT2D eigenvalue weighted by molar-refractivity contribution is -0.135. The van der Waals surface area contributed by atoms with Crippen molar-refractivity contribution in [2.24, 2.45) is 0 Å². The summed E-state index contributed by atoms with van der Waals surface area (Å²) < 4.78 is 1.20. The minimum Gasteiger partial charge on any atom is -0.332 e. The first kappa shape index (κ1) is 19.2. The molecule has 0 radical (unpaired) electrons. The van der Waals surface area contributed by atoms with Crippen molar-refractivity contribution < 1.29 is 4.79 Å². The van der Waals surface area contributed by atoms with Crippen LogP contribution in [0.5, 0.6) is 0 Å². The molecule has 1 saturated heterocycles. The van der Waals surface area contributed by atoms with Crippen LogP contribution in [0.2, 0.25) is 5.02 Å². The number of H-pyrrole nitrogens is 1. The van der Waals surface area contributed by atoms with Gasteiger partial charge in [-0.3, -0.25) is 19.1 Å². The van der Waals surface area contributed by atoms with E-state index in [0.717, 1.165) is 5.56 Å². The summed E-state index contributed by atoms with van der Waals surface area (Å²) in [5.74, 6) is -0.185. The summed E-state index contributed by atoms with van der Waals surface area (Å²) >= 11 is 6.05. The van der Waals surface area contributed by atoms with Gasteiger partial charge in [-0.25, -0.2) is 4.79 Å². The number of amides is 1. The topological polar surface area (TPSA) is 87.2 Å². The molecule has 1 fully saturated rings. The van der Waals surface area contributed by atoms with E-state index >= 15 is 0 Å². The molecule has 1 amide bonds. The van der Waals surface area contributed by atoms with E-state index in [1.54, 1.807) is 11.0 Å². The second kappa shape index (κ2) is 8.33. The number of halogens is 2. The number of nitrogens with one attached hydrogen (secondary N) is 2. The summed E-state index contributed by atoms with van der Waals surface area (Å²) in [6.07, 6.45) is 1.33. The second-order valence-corrected chi connectivity index (χ2v) is 6.04. The van der Waals surface area contributed by atoms with Crippen molar-refractivity contribution in [3.63, 3.8) is 0 Å². The third-order valence-electron chi connectivity index (χ3n) is 4.00. The maximum atomic E-state index is 12.7. The minimum absolute atomic E-state index is 0. The quantitative estimate of drug-likeness (QED) is 0.818. The Morgan fingerprint density at radius 3 is 2.80 bits per heavy atom. The Balaban J connectivity index is 0.00000225. The SMILES string of the molecule is Cl.O=C(Cn1ccc(=O)[nH]c1=O)N1CCNCC1c1cccc(Cl)c1. The number of hydrogen-bond acceptors (Lipinski definition) is 4. The first-order chi connectivity index (χ1) is 11.5. The van der Waals surface area contributed by atoms with Gasteiger partial charge in [-0.1, -0.05) is 23.7 Å². The zero-order chi connectivity index (χ0) is 17.1. The summed E-state index contributed by atoms with van der Waals surface area (Å²) in [4.78, 5) is 39.4. The van der Waals surface area contributed by atoms with Crippen LogP contribution in [0.1, 0.15) is 11.6 Å². The number of rotatable bonds is 3. The van der Waals surface area contributed by atoms with Crippen molar-refractivity contribution in [1.29, 1.82) is 0 Å². The molecule has 9 heteroatoms. The highest BCUT2D eigenvalue weighted by atomic mass is 35.5. The minimum atomic E-state index is -0.592. The van der Waals surface area contributed by atoms with E-state index in [-0.39, 0.29) is 30.9 Å². The van der Waals surface area contributed by atoms with Crippen molar-refractivity contribution in [3.05, 3.63) is 68.0 Å². The lowest BCUT2D eigenvalue weighted by Crippen LogP contribution is -2.50. The molecule has 134 valence electrons. The van der Waals surface area contributed by atoms with Crippen LogP contribution in [0.15, 0.2) is 46.1 Å². The van der Waals surface area contributed by atoms with Gasteiger partial charge in [0.1, 0.15) is 6.54 Å². The van der Waals surface area contributed by atoms with Crippen LogP contribution in [0.25, 0.3) is 0 Å². The van der Waals surface area contributed by atoms with E-state index in [0.29, 0.717) is 24.7 Å². The highest BCUT2D eigenvalue weighted by Gasteiger charge is 2.28. The largest absolute Gasteiger partial charge is 0.332 e. The number of nitrogens with zero attached hydrogens (tertiary/aromatic N) is 2. The Morgan fingerprint density at radius 1 is 1.28 bits per heavy atom. The molecule has 3 rings (SSSR count). The van der Waals surface area contributed by atoms with Gasteiger partial charge in [0.05, 0.1) is 6.04 Å². The van der Waals surface area contributed by atoms with Crippen LogP contribution >= 0.6 is 24.0 Å². The fraction of sp³-hybridized carbons (Fsp3) is 0.312. The van der Waals surface area contributed by atoms with Gasteiger partial charge in [-0.15, -0.1) is 12.4 Å². The van der Waals surface area contributed by atoms with Gasteiger partial charge in [0, 0.05) is 36.9 Å². The summed E-state index contributed by atoms with van der Waals surface area (Å²) in [7, 11) is 0. The van der Waals surface area contributed by atoms with Crippen LogP contribution in [-0.4, -0.2) is 40.0 Å². The molecule has 1 aliphatic heterocycles. The van der Waals surface area contributed by atoms with E-state index in [4.69, 9.17) is 11.6 Å². The molecule has 2 heterocycles. The zero-order valence-corrected chi connectivity index (χ0v) is 14.8. The molecule has 1 unspecified atom stereocenters. The standard InChI is InChI=1S/C16H17ClN4O3.ClH/c17-12-3-1-2-11(8-12)13-9-18-5-7-21(13)15(23)10-20-6-4-14(22)19-16(20)24;/h1-4,6,8,13,18H,5,7,9-10H2,(H,19,22,24);1H. The summed E-state index contributed by atoms with van der Waals surface area (Å²) in [5, 5.41) is 3.88. The van der Waals surface area contributed by atoms with E-state index in [1.807, 2.05) is 18.2 Å². The molecule has 0 spiro atoms. The number of carbonyl (C=O) groups excluding carboxylic acids is 1. The summed E-state index contributed by atoms with van der Waals surface area (Å²) in [5.41, 5.74) is -0.134. The molecule has 1 aliphatic rings. The number of benzene rings is 1. The number of piperazine rings is 1. The predicted molar refractivity (Wildman–Crippen MR) is 97.3 cm³/mol. The zero-order valence-electron chi connectivity index (χ0n) is 13.3. The third kappa shape index (κ3) is 4.50. The van der Waals surface area contributed by atoms with Crippen LogP contribution in [-0.2, 0) is 11.3 Å².